The van der Waals surface area contributed by atoms with Crippen molar-refractivity contribution in [3.8, 4) is 22.5 Å². The van der Waals surface area contributed by atoms with Crippen LogP contribution in [0, 0.1) is 0 Å². The van der Waals surface area contributed by atoms with Crippen LogP contribution in [0.1, 0.15) is 58.5 Å². The molecule has 4 heterocycles. The van der Waals surface area contributed by atoms with Crippen LogP contribution in [-0.2, 0) is 25.9 Å². The summed E-state index contributed by atoms with van der Waals surface area (Å²) in [7, 11) is 0. The SMILES string of the molecule is CCn1nc(-c2ccccc2)c(C(=O)CCc2ccccc2)c(Nc2cccc3ncccc23)c1=O.CCn1nc(-c2ccccc2)c(C(=O)CCc2ccccc2)c(Nc2cccnc2)c1=O. The van der Waals surface area contributed by atoms with Crippen LogP contribution < -0.4 is 21.8 Å². The van der Waals surface area contributed by atoms with E-state index in [4.69, 9.17) is 0 Å². The summed E-state index contributed by atoms with van der Waals surface area (Å²) in [5.74, 6) is -0.265. The number of aryl methyl sites for hydroxylation is 4. The van der Waals surface area contributed by atoms with Crippen LogP contribution in [0.4, 0.5) is 22.7 Å². The molecule has 0 bridgehead atoms. The predicted octanol–water partition coefficient (Wildman–Crippen LogP) is 10.9. The molecule has 4 aromatic heterocycles. The average Bonchev–Trinajstić information content (AvgIpc) is 3.40. The number of hydrogen-bond donors (Lipinski definition) is 2. The van der Waals surface area contributed by atoms with Gasteiger partial charge in [0.1, 0.15) is 22.8 Å². The van der Waals surface area contributed by atoms with Gasteiger partial charge in [0.05, 0.1) is 28.5 Å². The predicted molar refractivity (Wildman–Crippen MR) is 270 cm³/mol. The summed E-state index contributed by atoms with van der Waals surface area (Å²) in [6.45, 7) is 4.49. The second-order valence-electron chi connectivity index (χ2n) is 15.9. The average molecular weight is 899 g/mol. The molecule has 9 aromatic rings. The van der Waals surface area contributed by atoms with Crippen LogP contribution in [0.5, 0.6) is 0 Å². The number of fused-ring (bicyclic) bond motifs is 1. The molecule has 9 rings (SSSR count). The van der Waals surface area contributed by atoms with Crippen LogP contribution in [0.15, 0.2) is 192 Å². The maximum atomic E-state index is 13.8. The summed E-state index contributed by atoms with van der Waals surface area (Å²) >= 11 is 0. The number of benzene rings is 5. The Morgan fingerprint density at radius 1 is 0.515 bits per heavy atom. The second kappa shape index (κ2) is 22.0. The molecule has 0 saturated heterocycles. The molecule has 68 heavy (non-hydrogen) atoms. The van der Waals surface area contributed by atoms with Crippen molar-refractivity contribution in [2.75, 3.05) is 10.6 Å². The normalized spacial score (nSPS) is 10.8. The number of rotatable bonds is 16. The van der Waals surface area contributed by atoms with Crippen LogP contribution in [-0.4, -0.2) is 41.1 Å². The molecule has 0 radical (unpaired) electrons. The number of aromatic nitrogens is 6. The minimum atomic E-state index is -0.334. The Balaban J connectivity index is 0.000000185. The summed E-state index contributed by atoms with van der Waals surface area (Å²) in [4.78, 5) is 62.7. The number of pyridine rings is 2. The van der Waals surface area contributed by atoms with Gasteiger partial charge in [-0.25, -0.2) is 9.36 Å². The van der Waals surface area contributed by atoms with E-state index in [2.05, 4.69) is 30.8 Å². The number of nitrogens with one attached hydrogen (secondary N) is 2. The Bertz CT molecular complexity index is 3270. The summed E-state index contributed by atoms with van der Waals surface area (Å²) in [6, 6.07) is 51.8. The fourth-order valence-corrected chi connectivity index (χ4v) is 7.92. The van der Waals surface area contributed by atoms with Crippen LogP contribution >= 0.6 is 0 Å². The third-order valence-corrected chi connectivity index (χ3v) is 11.4. The molecule has 0 fully saturated rings. The van der Waals surface area contributed by atoms with Gasteiger partial charge >= 0.3 is 0 Å². The van der Waals surface area contributed by atoms with Crippen LogP contribution in [0.3, 0.4) is 0 Å². The van der Waals surface area contributed by atoms with Crippen molar-refractivity contribution in [1.82, 2.24) is 29.5 Å². The molecular formula is C56H50N8O4. The summed E-state index contributed by atoms with van der Waals surface area (Å²) in [6.07, 6.45) is 6.68. The van der Waals surface area contributed by atoms with Crippen molar-refractivity contribution in [2.24, 2.45) is 0 Å². The van der Waals surface area contributed by atoms with Gasteiger partial charge in [0.2, 0.25) is 0 Å². The van der Waals surface area contributed by atoms with Gasteiger partial charge in [-0.15, -0.1) is 0 Å². The fraction of sp³-hybridized carbons (Fsp3) is 0.143. The van der Waals surface area contributed by atoms with E-state index in [-0.39, 0.29) is 46.9 Å². The van der Waals surface area contributed by atoms with Crippen LogP contribution in [0.2, 0.25) is 0 Å². The molecule has 0 aliphatic rings. The molecule has 0 atom stereocenters. The highest BCUT2D eigenvalue weighted by atomic mass is 16.1. The highest BCUT2D eigenvalue weighted by molar-refractivity contribution is 6.08. The lowest BCUT2D eigenvalue weighted by molar-refractivity contribution is 0.0975. The quantitative estimate of drug-likeness (QED) is 0.0896. The maximum absolute atomic E-state index is 13.8. The first kappa shape index (κ1) is 45.9. The van der Waals surface area contributed by atoms with Crippen LogP contribution in [0.25, 0.3) is 33.4 Å². The molecule has 12 heteroatoms. The van der Waals surface area contributed by atoms with Crippen molar-refractivity contribution in [1.29, 1.82) is 0 Å². The minimum Gasteiger partial charge on any atom is -0.350 e. The van der Waals surface area contributed by atoms with E-state index in [9.17, 15) is 19.2 Å². The van der Waals surface area contributed by atoms with E-state index in [1.165, 1.54) is 9.36 Å². The number of carbonyl (C=O) groups is 2. The van der Waals surface area contributed by atoms with Gasteiger partial charge in [-0.1, -0.05) is 127 Å². The molecule has 0 spiro atoms. The Morgan fingerprint density at radius 3 is 1.49 bits per heavy atom. The van der Waals surface area contributed by atoms with Gasteiger partial charge in [0.15, 0.2) is 11.6 Å². The lowest BCUT2D eigenvalue weighted by Gasteiger charge is -2.18. The molecule has 0 aliphatic heterocycles. The molecule has 12 nitrogen and oxygen atoms in total. The van der Waals surface area contributed by atoms with Crippen molar-refractivity contribution >= 4 is 45.2 Å². The standard InChI is InChI=1S/C30H26N4O2.C26H24N4O2/c1-2-34-30(36)29(32-25-17-9-16-24-23(25)15-10-20-31-24)27(28(33-34)22-13-7-4-8-14-22)26(35)19-18-21-11-5-3-6-12-21;1-2-30-26(32)25(28-21-14-9-17-27-18-21)23(24(29-30)20-12-7-4-8-13-20)22(31)16-15-19-10-5-3-6-11-19/h3-17,20,32H,2,18-19H2,1H3;3-14,17-18,28H,2,15-16H2,1H3. The molecule has 0 amide bonds. The van der Waals surface area contributed by atoms with Crippen molar-refractivity contribution in [2.45, 2.75) is 52.6 Å². The number of ketones is 2. The van der Waals surface area contributed by atoms with E-state index < -0.39 is 0 Å². The van der Waals surface area contributed by atoms with Gasteiger partial charge in [-0.3, -0.25) is 29.1 Å². The Morgan fingerprint density at radius 2 is 1.00 bits per heavy atom. The van der Waals surface area contributed by atoms with E-state index in [0.29, 0.717) is 59.8 Å². The first-order valence-electron chi connectivity index (χ1n) is 22.7. The zero-order valence-corrected chi connectivity index (χ0v) is 37.9. The largest absolute Gasteiger partial charge is 0.350 e. The topological polar surface area (TPSA) is 154 Å². The number of anilines is 4. The molecule has 2 N–H and O–H groups in total. The first-order valence-corrected chi connectivity index (χ1v) is 22.7. The monoisotopic (exact) mass is 898 g/mol. The first-order chi connectivity index (χ1) is 33.3. The van der Waals surface area contributed by atoms with Gasteiger partial charge < -0.3 is 10.6 Å². The molecule has 0 saturated carbocycles. The van der Waals surface area contributed by atoms with E-state index in [0.717, 1.165) is 33.2 Å². The zero-order chi connectivity index (χ0) is 47.2. The highest BCUT2D eigenvalue weighted by Gasteiger charge is 2.26. The van der Waals surface area contributed by atoms with Gasteiger partial charge in [-0.2, -0.15) is 10.2 Å². The smallest absolute Gasteiger partial charge is 0.291 e. The lowest BCUT2D eigenvalue weighted by Crippen LogP contribution is -2.28. The molecular weight excluding hydrogens is 849 g/mol. The Hall–Kier alpha value is -8.64. The summed E-state index contributed by atoms with van der Waals surface area (Å²) in [5, 5.41) is 16.5. The van der Waals surface area contributed by atoms with Gasteiger partial charge in [0.25, 0.3) is 11.1 Å². The minimum absolute atomic E-state index is 0.132. The van der Waals surface area contributed by atoms with Gasteiger partial charge in [0, 0.05) is 60.5 Å². The van der Waals surface area contributed by atoms with E-state index in [1.807, 2.05) is 172 Å². The number of Topliss-reactive ketones (excluding diaryl/α,β-unsaturated/α-hetero) is 2. The van der Waals surface area contributed by atoms with E-state index >= 15 is 0 Å². The Labute approximate surface area is 394 Å². The number of nitrogens with zero attached hydrogens (tertiary/aromatic N) is 6. The van der Waals surface area contributed by atoms with Gasteiger partial charge in [-0.05, 0) is 74.2 Å². The van der Waals surface area contributed by atoms with E-state index in [1.54, 1.807) is 24.7 Å². The third-order valence-electron chi connectivity index (χ3n) is 11.4. The Kier molecular flexibility index (Phi) is 14.9. The third kappa shape index (κ3) is 10.7. The van der Waals surface area contributed by atoms with Crippen molar-refractivity contribution in [3.05, 3.63) is 225 Å². The highest BCUT2D eigenvalue weighted by Crippen LogP contribution is 2.32. The zero-order valence-electron chi connectivity index (χ0n) is 37.9. The number of carbonyl (C=O) groups excluding carboxylic acids is 2. The second-order valence-corrected chi connectivity index (χ2v) is 15.9. The summed E-state index contributed by atoms with van der Waals surface area (Å²) < 4.78 is 2.79. The molecule has 338 valence electrons. The fourth-order valence-electron chi connectivity index (χ4n) is 7.92. The number of hydrogen-bond acceptors (Lipinski definition) is 10. The molecule has 0 aliphatic carbocycles. The molecule has 0 unspecified atom stereocenters. The summed E-state index contributed by atoms with van der Waals surface area (Å²) in [5.41, 5.74) is 7.26. The van der Waals surface area contributed by atoms with Crippen molar-refractivity contribution in [3.63, 3.8) is 0 Å². The van der Waals surface area contributed by atoms with Crippen molar-refractivity contribution < 1.29 is 9.59 Å². The lowest BCUT2D eigenvalue weighted by atomic mass is 9.97. The maximum Gasteiger partial charge on any atom is 0.291 e. The molecule has 5 aromatic carbocycles.